The van der Waals surface area contributed by atoms with E-state index in [1.807, 2.05) is 0 Å². The number of halogens is 1. The molecule has 2 aliphatic rings. The second-order valence-corrected chi connectivity index (χ2v) is 8.84. The number of nitrogens with one attached hydrogen (secondary N) is 1. The Bertz CT molecular complexity index is 1090. The van der Waals surface area contributed by atoms with Crippen LogP contribution in [0.3, 0.4) is 0 Å². The van der Waals surface area contributed by atoms with Crippen molar-refractivity contribution in [3.63, 3.8) is 0 Å². The molecule has 0 unspecified atom stereocenters. The summed E-state index contributed by atoms with van der Waals surface area (Å²) in [6.07, 6.45) is 3.48. The van der Waals surface area contributed by atoms with E-state index in [0.29, 0.717) is 35.2 Å². The largest absolute Gasteiger partial charge is 0.474 e. The Morgan fingerprint density at radius 3 is 2.75 bits per heavy atom. The molecule has 32 heavy (non-hydrogen) atoms. The normalized spacial score (nSPS) is 20.0. The Labute approximate surface area is 194 Å². The highest BCUT2D eigenvalue weighted by atomic mass is 79.9. The minimum absolute atomic E-state index is 0.0146. The fraction of sp³-hybridized carbons (Fsp3) is 0.391. The van der Waals surface area contributed by atoms with Crippen LogP contribution in [0.5, 0.6) is 5.88 Å². The van der Waals surface area contributed by atoms with E-state index in [4.69, 9.17) is 20.5 Å². The Balaban J connectivity index is 1.37. The van der Waals surface area contributed by atoms with E-state index in [0.717, 1.165) is 36.9 Å². The minimum Gasteiger partial charge on any atom is -0.474 e. The molecule has 2 heterocycles. The molecule has 4 rings (SSSR count). The Kier molecular flexibility index (Phi) is 6.72. The van der Waals surface area contributed by atoms with Crippen LogP contribution in [-0.4, -0.2) is 35.6 Å². The van der Waals surface area contributed by atoms with Crippen molar-refractivity contribution in [1.82, 2.24) is 10.3 Å². The maximum atomic E-state index is 12.6. The molecule has 2 aromatic rings. The standard InChI is InChI=1S/C23H23BrN4O4/c24-19-6-1-13(9-14(19)11-25)22(30)27-16-2-4-17(5-3-16)32-23-18(21(26)29)10-15-12-31-8-7-20(15)28-23/h1,6,9-10,16-17H,2-5,7-8,12H2,(H2,26,29)(H,27,30)/t16-,17-. The van der Waals surface area contributed by atoms with Crippen LogP contribution >= 0.6 is 15.9 Å². The van der Waals surface area contributed by atoms with Gasteiger partial charge >= 0.3 is 0 Å². The van der Waals surface area contributed by atoms with Crippen LogP contribution in [0.25, 0.3) is 0 Å². The summed E-state index contributed by atoms with van der Waals surface area (Å²) in [4.78, 5) is 29.1. The number of nitriles is 1. The number of hydrogen-bond donors (Lipinski definition) is 2. The minimum atomic E-state index is -0.576. The predicted molar refractivity (Wildman–Crippen MR) is 119 cm³/mol. The molecule has 2 amide bonds. The highest BCUT2D eigenvalue weighted by Crippen LogP contribution is 2.28. The van der Waals surface area contributed by atoms with Gasteiger partial charge in [-0.3, -0.25) is 9.59 Å². The van der Waals surface area contributed by atoms with Gasteiger partial charge in [-0.05, 0) is 65.9 Å². The van der Waals surface area contributed by atoms with Crippen LogP contribution in [0.4, 0.5) is 0 Å². The number of amides is 2. The van der Waals surface area contributed by atoms with Gasteiger partial charge in [0.1, 0.15) is 17.7 Å². The monoisotopic (exact) mass is 498 g/mol. The first-order chi connectivity index (χ1) is 15.4. The first-order valence-electron chi connectivity index (χ1n) is 10.5. The number of ether oxygens (including phenoxy) is 2. The Morgan fingerprint density at radius 2 is 2.03 bits per heavy atom. The molecule has 0 radical (unpaired) electrons. The molecule has 9 heteroatoms. The summed E-state index contributed by atoms with van der Waals surface area (Å²) in [5.74, 6) is -0.495. The molecule has 3 N–H and O–H groups in total. The number of nitrogens with zero attached hydrogens (tertiary/aromatic N) is 2. The van der Waals surface area contributed by atoms with Crippen LogP contribution < -0.4 is 15.8 Å². The average molecular weight is 499 g/mol. The number of aromatic nitrogens is 1. The molecule has 8 nitrogen and oxygen atoms in total. The lowest BCUT2D eigenvalue weighted by Gasteiger charge is -2.30. The van der Waals surface area contributed by atoms with Crippen molar-refractivity contribution < 1.29 is 19.1 Å². The third-order valence-corrected chi connectivity index (χ3v) is 6.49. The number of pyridine rings is 1. The van der Waals surface area contributed by atoms with E-state index in [-0.39, 0.29) is 29.5 Å². The van der Waals surface area contributed by atoms with E-state index < -0.39 is 5.91 Å². The van der Waals surface area contributed by atoms with Crippen molar-refractivity contribution in [3.05, 3.63) is 56.7 Å². The number of hydrogen-bond acceptors (Lipinski definition) is 6. The van der Waals surface area contributed by atoms with Crippen LogP contribution in [0.2, 0.25) is 0 Å². The topological polar surface area (TPSA) is 127 Å². The third kappa shape index (κ3) is 4.92. The number of primary amides is 1. The number of rotatable bonds is 5. The van der Waals surface area contributed by atoms with Gasteiger partial charge in [-0.2, -0.15) is 5.26 Å². The lowest BCUT2D eigenvalue weighted by molar-refractivity contribution is 0.0875. The highest BCUT2D eigenvalue weighted by molar-refractivity contribution is 9.10. The van der Waals surface area contributed by atoms with Crippen molar-refractivity contribution in [1.29, 1.82) is 5.26 Å². The number of benzene rings is 1. The van der Waals surface area contributed by atoms with Gasteiger partial charge in [-0.25, -0.2) is 4.98 Å². The van der Waals surface area contributed by atoms with Crippen LogP contribution in [0.1, 0.15) is 63.2 Å². The molecular weight excluding hydrogens is 476 g/mol. The molecule has 0 spiro atoms. The van der Waals surface area contributed by atoms with Crippen molar-refractivity contribution in [2.75, 3.05) is 6.61 Å². The van der Waals surface area contributed by atoms with Gasteiger partial charge < -0.3 is 20.5 Å². The van der Waals surface area contributed by atoms with Crippen molar-refractivity contribution in [2.45, 2.75) is 50.9 Å². The van der Waals surface area contributed by atoms with Gasteiger partial charge in [0, 0.05) is 28.1 Å². The van der Waals surface area contributed by atoms with E-state index in [9.17, 15) is 9.59 Å². The maximum absolute atomic E-state index is 12.6. The molecule has 1 aromatic heterocycles. The van der Waals surface area contributed by atoms with Crippen molar-refractivity contribution in [3.8, 4) is 11.9 Å². The Hall–Kier alpha value is -2.96. The molecule has 1 saturated carbocycles. The fourth-order valence-electron chi connectivity index (χ4n) is 4.04. The first kappa shape index (κ1) is 22.2. The highest BCUT2D eigenvalue weighted by Gasteiger charge is 2.27. The summed E-state index contributed by atoms with van der Waals surface area (Å²) in [5, 5.41) is 12.2. The van der Waals surface area contributed by atoms with Gasteiger partial charge in [0.25, 0.3) is 11.8 Å². The summed E-state index contributed by atoms with van der Waals surface area (Å²) >= 11 is 3.30. The number of carbonyl (C=O) groups excluding carboxylic acids is 2. The molecule has 1 aromatic carbocycles. The fourth-order valence-corrected chi connectivity index (χ4v) is 4.37. The molecule has 166 valence electrons. The lowest BCUT2D eigenvalue weighted by atomic mass is 9.92. The number of carbonyl (C=O) groups is 2. The summed E-state index contributed by atoms with van der Waals surface area (Å²) in [5.41, 5.74) is 8.44. The molecule has 1 aliphatic carbocycles. The van der Waals surface area contributed by atoms with E-state index >= 15 is 0 Å². The van der Waals surface area contributed by atoms with Crippen LogP contribution in [0, 0.1) is 11.3 Å². The van der Waals surface area contributed by atoms with Crippen LogP contribution in [0.15, 0.2) is 28.7 Å². The second kappa shape index (κ2) is 9.67. The molecule has 1 fully saturated rings. The van der Waals surface area contributed by atoms with Crippen molar-refractivity contribution >= 4 is 27.7 Å². The predicted octanol–water partition coefficient (Wildman–Crippen LogP) is 3.01. The zero-order chi connectivity index (χ0) is 22.7. The molecule has 1 aliphatic heterocycles. The van der Waals surface area contributed by atoms with Gasteiger partial charge in [0.15, 0.2) is 0 Å². The zero-order valence-electron chi connectivity index (χ0n) is 17.4. The number of nitrogens with two attached hydrogens (primary N) is 1. The maximum Gasteiger partial charge on any atom is 0.254 e. The lowest BCUT2D eigenvalue weighted by Crippen LogP contribution is -2.40. The third-order valence-electron chi connectivity index (χ3n) is 5.80. The van der Waals surface area contributed by atoms with Crippen molar-refractivity contribution in [2.24, 2.45) is 5.73 Å². The molecule has 0 bridgehead atoms. The summed E-state index contributed by atoms with van der Waals surface area (Å²) in [6.45, 7) is 1.01. The summed E-state index contributed by atoms with van der Waals surface area (Å²) in [6, 6.07) is 8.76. The van der Waals surface area contributed by atoms with Gasteiger partial charge in [-0.15, -0.1) is 0 Å². The molecule has 0 saturated heterocycles. The summed E-state index contributed by atoms with van der Waals surface area (Å²) < 4.78 is 12.2. The number of fused-ring (bicyclic) bond motifs is 1. The Morgan fingerprint density at radius 1 is 1.25 bits per heavy atom. The van der Waals surface area contributed by atoms with E-state index in [2.05, 4.69) is 32.3 Å². The smallest absolute Gasteiger partial charge is 0.254 e. The summed E-state index contributed by atoms with van der Waals surface area (Å²) in [7, 11) is 0. The van der Waals surface area contributed by atoms with Gasteiger partial charge in [-0.1, -0.05) is 0 Å². The van der Waals surface area contributed by atoms with E-state index in [1.54, 1.807) is 24.3 Å². The van der Waals surface area contributed by atoms with E-state index in [1.165, 1.54) is 0 Å². The van der Waals surface area contributed by atoms with Crippen LogP contribution in [-0.2, 0) is 17.8 Å². The zero-order valence-corrected chi connectivity index (χ0v) is 19.0. The quantitative estimate of drug-likeness (QED) is 0.651. The SMILES string of the molecule is N#Cc1cc(C(=O)N[C@H]2CC[C@H](Oc3nc4c(cc3C(N)=O)COCC4)CC2)ccc1Br. The average Bonchev–Trinajstić information content (AvgIpc) is 2.80. The van der Waals surface area contributed by atoms with Gasteiger partial charge in [0.05, 0.1) is 24.5 Å². The molecular formula is C23H23BrN4O4. The first-order valence-corrected chi connectivity index (χ1v) is 11.3. The second-order valence-electron chi connectivity index (χ2n) is 7.99. The van der Waals surface area contributed by atoms with Gasteiger partial charge in [0.2, 0.25) is 5.88 Å². The molecule has 0 atom stereocenters.